The molecule has 1 amide bonds. The van der Waals surface area contributed by atoms with Gasteiger partial charge >= 0.3 is 5.97 Å². The second-order valence-corrected chi connectivity index (χ2v) is 5.68. The SMILES string of the molecule is CCc1nn(C)c(CSCCC(NC=O)C(=O)O)c1Cl. The first kappa shape index (κ1) is 16.8. The number of carbonyl (C=O) groups is 2. The van der Waals surface area contributed by atoms with E-state index in [0.717, 1.165) is 17.8 Å². The first-order valence-corrected chi connectivity index (χ1v) is 7.75. The van der Waals surface area contributed by atoms with Crippen LogP contribution in [-0.2, 0) is 28.8 Å². The summed E-state index contributed by atoms with van der Waals surface area (Å²) in [6.45, 7) is 1.99. The molecule has 0 spiro atoms. The highest BCUT2D eigenvalue weighted by Crippen LogP contribution is 2.25. The summed E-state index contributed by atoms with van der Waals surface area (Å²) in [5.41, 5.74) is 1.81. The van der Waals surface area contributed by atoms with Gasteiger partial charge in [0.15, 0.2) is 0 Å². The molecule has 0 fully saturated rings. The fourth-order valence-electron chi connectivity index (χ4n) is 1.71. The van der Waals surface area contributed by atoms with Gasteiger partial charge in [-0.2, -0.15) is 16.9 Å². The Morgan fingerprint density at radius 3 is 2.85 bits per heavy atom. The number of nitrogens with one attached hydrogen (secondary N) is 1. The highest BCUT2D eigenvalue weighted by atomic mass is 35.5. The zero-order valence-electron chi connectivity index (χ0n) is 11.4. The van der Waals surface area contributed by atoms with Crippen LogP contribution in [0.15, 0.2) is 0 Å². The van der Waals surface area contributed by atoms with Crippen LogP contribution >= 0.6 is 23.4 Å². The largest absolute Gasteiger partial charge is 0.480 e. The highest BCUT2D eigenvalue weighted by molar-refractivity contribution is 7.98. The van der Waals surface area contributed by atoms with Crippen LogP contribution in [0, 0.1) is 0 Å². The fraction of sp³-hybridized carbons (Fsp3) is 0.583. The maximum Gasteiger partial charge on any atom is 0.326 e. The van der Waals surface area contributed by atoms with Gasteiger partial charge in [-0.1, -0.05) is 18.5 Å². The van der Waals surface area contributed by atoms with Gasteiger partial charge in [0.05, 0.1) is 16.4 Å². The summed E-state index contributed by atoms with van der Waals surface area (Å²) in [5, 5.41) is 16.2. The van der Waals surface area contributed by atoms with Crippen LogP contribution in [0.5, 0.6) is 0 Å². The molecule has 2 N–H and O–H groups in total. The Bertz CT molecular complexity index is 479. The van der Waals surface area contributed by atoms with Gasteiger partial charge in [-0.3, -0.25) is 9.48 Å². The molecule has 0 bridgehead atoms. The molecule has 8 heteroatoms. The van der Waals surface area contributed by atoms with Crippen molar-refractivity contribution in [1.82, 2.24) is 15.1 Å². The molecule has 6 nitrogen and oxygen atoms in total. The number of nitrogens with zero attached hydrogens (tertiary/aromatic N) is 2. The lowest BCUT2D eigenvalue weighted by Gasteiger charge is -2.10. The number of amides is 1. The predicted octanol–water partition coefficient (Wildman–Crippen LogP) is 1.46. The number of thioether (sulfide) groups is 1. The number of carbonyl (C=O) groups excluding carboxylic acids is 1. The van der Waals surface area contributed by atoms with Gasteiger partial charge in [0.25, 0.3) is 0 Å². The van der Waals surface area contributed by atoms with E-state index < -0.39 is 12.0 Å². The minimum Gasteiger partial charge on any atom is -0.480 e. The molecular weight excluding hydrogens is 302 g/mol. The van der Waals surface area contributed by atoms with Gasteiger partial charge in [0.1, 0.15) is 6.04 Å². The van der Waals surface area contributed by atoms with Crippen LogP contribution in [0.4, 0.5) is 0 Å². The lowest BCUT2D eigenvalue weighted by molar-refractivity contribution is -0.140. The normalized spacial score (nSPS) is 12.2. The summed E-state index contributed by atoms with van der Waals surface area (Å²) in [6.07, 6.45) is 1.56. The van der Waals surface area contributed by atoms with Crippen molar-refractivity contribution in [2.75, 3.05) is 5.75 Å². The second-order valence-electron chi connectivity index (χ2n) is 4.20. The van der Waals surface area contributed by atoms with E-state index in [-0.39, 0.29) is 0 Å². The van der Waals surface area contributed by atoms with E-state index in [1.165, 1.54) is 0 Å². The molecule has 0 aliphatic rings. The molecule has 1 aromatic heterocycles. The predicted molar refractivity (Wildman–Crippen MR) is 79.0 cm³/mol. The van der Waals surface area contributed by atoms with Crippen molar-refractivity contribution in [2.24, 2.45) is 7.05 Å². The summed E-state index contributed by atoms with van der Waals surface area (Å²) >= 11 is 7.79. The van der Waals surface area contributed by atoms with E-state index in [0.29, 0.717) is 29.4 Å². The Hall–Kier alpha value is -1.21. The quantitative estimate of drug-likeness (QED) is 0.532. The summed E-state index contributed by atoms with van der Waals surface area (Å²) in [6, 6.07) is -0.840. The van der Waals surface area contributed by atoms with Crippen LogP contribution in [0.1, 0.15) is 24.7 Å². The Labute approximate surface area is 126 Å². The molecule has 0 aliphatic heterocycles. The van der Waals surface area contributed by atoms with E-state index in [2.05, 4.69) is 10.4 Å². The summed E-state index contributed by atoms with van der Waals surface area (Å²) < 4.78 is 1.76. The number of halogens is 1. The first-order valence-electron chi connectivity index (χ1n) is 6.21. The number of hydrogen-bond donors (Lipinski definition) is 2. The third-order valence-corrected chi connectivity index (χ3v) is 4.30. The molecule has 0 aliphatic carbocycles. The molecule has 0 saturated heterocycles. The molecule has 1 aromatic rings. The van der Waals surface area contributed by atoms with Gasteiger partial charge in [-0.25, -0.2) is 4.79 Å². The zero-order chi connectivity index (χ0) is 15.1. The number of carboxylic acid groups (broad SMARTS) is 1. The molecule has 112 valence electrons. The van der Waals surface area contributed by atoms with Crippen molar-refractivity contribution in [1.29, 1.82) is 0 Å². The van der Waals surface area contributed by atoms with Crippen molar-refractivity contribution in [3.05, 3.63) is 16.4 Å². The smallest absolute Gasteiger partial charge is 0.326 e. The van der Waals surface area contributed by atoms with Gasteiger partial charge in [-0.05, 0) is 18.6 Å². The molecule has 0 aromatic carbocycles. The Kier molecular flexibility index (Phi) is 6.87. The molecule has 0 radical (unpaired) electrons. The van der Waals surface area contributed by atoms with E-state index in [1.807, 2.05) is 14.0 Å². The van der Waals surface area contributed by atoms with E-state index in [1.54, 1.807) is 16.4 Å². The average Bonchev–Trinajstić information content (AvgIpc) is 2.68. The number of aryl methyl sites for hydroxylation is 2. The third-order valence-electron chi connectivity index (χ3n) is 2.86. The number of carboxylic acids is 1. The standard InChI is InChI=1S/C12H18ClN3O3S/c1-3-8-11(13)10(16(2)15-8)6-20-5-4-9(12(18)19)14-7-17/h7,9H,3-6H2,1-2H3,(H,14,17)(H,18,19). The van der Waals surface area contributed by atoms with Crippen LogP contribution in [0.2, 0.25) is 5.02 Å². The Morgan fingerprint density at radius 1 is 1.65 bits per heavy atom. The van der Waals surface area contributed by atoms with Crippen LogP contribution in [0.25, 0.3) is 0 Å². The lowest BCUT2D eigenvalue weighted by Crippen LogP contribution is -2.36. The molecular formula is C12H18ClN3O3S. The van der Waals surface area contributed by atoms with Gasteiger partial charge in [0, 0.05) is 12.8 Å². The van der Waals surface area contributed by atoms with E-state index in [9.17, 15) is 9.59 Å². The van der Waals surface area contributed by atoms with Crippen molar-refractivity contribution in [3.8, 4) is 0 Å². The maximum atomic E-state index is 10.8. The second kappa shape index (κ2) is 8.16. The molecule has 20 heavy (non-hydrogen) atoms. The van der Waals surface area contributed by atoms with Crippen molar-refractivity contribution >= 4 is 35.7 Å². The first-order chi connectivity index (χ1) is 9.51. The molecule has 1 unspecified atom stereocenters. The molecule has 1 atom stereocenters. The number of aromatic nitrogens is 2. The Balaban J connectivity index is 2.46. The third kappa shape index (κ3) is 4.42. The zero-order valence-corrected chi connectivity index (χ0v) is 13.0. The van der Waals surface area contributed by atoms with Gasteiger partial charge in [0.2, 0.25) is 6.41 Å². The average molecular weight is 320 g/mol. The van der Waals surface area contributed by atoms with Crippen LogP contribution in [0.3, 0.4) is 0 Å². The van der Waals surface area contributed by atoms with Gasteiger partial charge < -0.3 is 10.4 Å². The van der Waals surface area contributed by atoms with Crippen LogP contribution in [-0.4, -0.2) is 39.1 Å². The number of hydrogen-bond acceptors (Lipinski definition) is 4. The minimum atomic E-state index is -1.02. The summed E-state index contributed by atoms with van der Waals surface area (Å²) in [5.74, 6) is 0.251. The highest BCUT2D eigenvalue weighted by Gasteiger charge is 2.16. The van der Waals surface area contributed by atoms with Crippen LogP contribution < -0.4 is 5.32 Å². The van der Waals surface area contributed by atoms with Crippen molar-refractivity contribution in [2.45, 2.75) is 31.6 Å². The Morgan fingerprint density at radius 2 is 2.35 bits per heavy atom. The minimum absolute atomic E-state index is 0.370. The summed E-state index contributed by atoms with van der Waals surface area (Å²) in [4.78, 5) is 21.1. The summed E-state index contributed by atoms with van der Waals surface area (Å²) in [7, 11) is 1.84. The number of aliphatic carboxylic acids is 1. The monoisotopic (exact) mass is 319 g/mol. The molecule has 1 heterocycles. The fourth-order valence-corrected chi connectivity index (χ4v) is 3.22. The van der Waals surface area contributed by atoms with Crippen molar-refractivity contribution in [3.63, 3.8) is 0 Å². The molecule has 0 saturated carbocycles. The lowest BCUT2D eigenvalue weighted by atomic mass is 10.2. The van der Waals surface area contributed by atoms with E-state index >= 15 is 0 Å². The van der Waals surface area contributed by atoms with E-state index in [4.69, 9.17) is 16.7 Å². The maximum absolute atomic E-state index is 10.8. The molecule has 1 rings (SSSR count). The van der Waals surface area contributed by atoms with Gasteiger partial charge in [-0.15, -0.1) is 0 Å². The number of rotatable bonds is 9. The topological polar surface area (TPSA) is 84.2 Å². The van der Waals surface area contributed by atoms with Crippen molar-refractivity contribution < 1.29 is 14.7 Å².